The third-order valence-corrected chi connectivity index (χ3v) is 5.06. The first-order valence-corrected chi connectivity index (χ1v) is 9.13. The van der Waals surface area contributed by atoms with Gasteiger partial charge in [-0.2, -0.15) is 10.1 Å². The topological polar surface area (TPSA) is 73.1 Å². The van der Waals surface area contributed by atoms with Gasteiger partial charge in [-0.1, -0.05) is 49.0 Å². The molecule has 0 radical (unpaired) electrons. The normalized spacial score (nSPS) is 16.2. The van der Waals surface area contributed by atoms with Gasteiger partial charge in [-0.05, 0) is 53.5 Å². The summed E-state index contributed by atoms with van der Waals surface area (Å²) in [6.45, 7) is 2.09. The summed E-state index contributed by atoms with van der Waals surface area (Å²) in [4.78, 5) is 12.9. The fourth-order valence-corrected chi connectivity index (χ4v) is 3.48. The van der Waals surface area contributed by atoms with Crippen molar-refractivity contribution in [3.05, 3.63) is 64.1 Å². The van der Waals surface area contributed by atoms with Gasteiger partial charge in [-0.3, -0.25) is 4.79 Å². The van der Waals surface area contributed by atoms with Crippen LogP contribution in [0.15, 0.2) is 52.5 Å². The molecule has 1 amide bonds. The van der Waals surface area contributed by atoms with Crippen LogP contribution in [0.5, 0.6) is 11.5 Å². The van der Waals surface area contributed by atoms with Crippen LogP contribution in [0.4, 0.5) is 0 Å². The summed E-state index contributed by atoms with van der Waals surface area (Å²) in [5.74, 6) is -0.787. The van der Waals surface area contributed by atoms with Crippen molar-refractivity contribution in [1.82, 2.24) is 5.01 Å². The zero-order valence-electron chi connectivity index (χ0n) is 13.9. The first-order valence-electron chi connectivity index (χ1n) is 7.91. The molecule has 1 saturated heterocycles. The van der Waals surface area contributed by atoms with E-state index >= 15 is 0 Å². The Kier molecular flexibility index (Phi) is 5.39. The summed E-state index contributed by atoms with van der Waals surface area (Å²) in [7, 11) is 0. The fourth-order valence-electron chi connectivity index (χ4n) is 2.30. The van der Waals surface area contributed by atoms with E-state index in [0.29, 0.717) is 14.8 Å². The molecule has 0 unspecified atom stereocenters. The van der Waals surface area contributed by atoms with E-state index in [2.05, 4.69) is 12.0 Å². The van der Waals surface area contributed by atoms with E-state index in [1.165, 1.54) is 22.7 Å². The van der Waals surface area contributed by atoms with Crippen molar-refractivity contribution in [2.45, 2.75) is 13.3 Å². The van der Waals surface area contributed by atoms with Crippen LogP contribution in [0.1, 0.15) is 23.6 Å². The van der Waals surface area contributed by atoms with Gasteiger partial charge < -0.3 is 10.2 Å². The Hall–Kier alpha value is -2.64. The Morgan fingerprint density at radius 2 is 1.81 bits per heavy atom. The highest BCUT2D eigenvalue weighted by Crippen LogP contribution is 2.34. The lowest BCUT2D eigenvalue weighted by Gasteiger charge is -2.06. The first kappa shape index (κ1) is 18.2. The number of rotatable bonds is 4. The molecule has 132 valence electrons. The molecule has 1 aliphatic heterocycles. The summed E-state index contributed by atoms with van der Waals surface area (Å²) in [6.07, 6.45) is 4.16. The molecule has 0 saturated carbocycles. The van der Waals surface area contributed by atoms with Crippen LogP contribution in [-0.4, -0.2) is 31.7 Å². The van der Waals surface area contributed by atoms with Crippen LogP contribution >= 0.6 is 24.0 Å². The largest absolute Gasteiger partial charge is 0.504 e. The second-order valence-corrected chi connectivity index (χ2v) is 7.26. The maximum Gasteiger partial charge on any atom is 0.286 e. The van der Waals surface area contributed by atoms with Gasteiger partial charge in [0.2, 0.25) is 0 Å². The van der Waals surface area contributed by atoms with Crippen molar-refractivity contribution in [3.8, 4) is 11.5 Å². The number of phenolic OH excluding ortho intramolecular Hbond substituents is 2. The lowest BCUT2D eigenvalue weighted by molar-refractivity contribution is -0.122. The quantitative estimate of drug-likeness (QED) is 0.362. The van der Waals surface area contributed by atoms with Gasteiger partial charge in [0.15, 0.2) is 15.8 Å². The monoisotopic (exact) mass is 384 g/mol. The van der Waals surface area contributed by atoms with E-state index < -0.39 is 0 Å². The Morgan fingerprint density at radius 3 is 2.46 bits per heavy atom. The molecule has 0 spiro atoms. The average molecular weight is 384 g/mol. The minimum Gasteiger partial charge on any atom is -0.504 e. The second-order valence-electron chi connectivity index (χ2n) is 5.58. The molecule has 2 N–H and O–H groups in total. The van der Waals surface area contributed by atoms with Crippen molar-refractivity contribution in [2.75, 3.05) is 0 Å². The van der Waals surface area contributed by atoms with Crippen molar-refractivity contribution < 1.29 is 15.0 Å². The van der Waals surface area contributed by atoms with E-state index in [-0.39, 0.29) is 17.4 Å². The van der Waals surface area contributed by atoms with Crippen molar-refractivity contribution in [3.63, 3.8) is 0 Å². The zero-order chi connectivity index (χ0) is 18.7. The number of benzene rings is 2. The number of carbonyl (C=O) groups excluding carboxylic acids is 1. The number of carbonyl (C=O) groups is 1. The van der Waals surface area contributed by atoms with E-state index in [1.54, 1.807) is 18.4 Å². The number of hydrogen-bond donors (Lipinski definition) is 2. The molecule has 26 heavy (non-hydrogen) atoms. The number of phenols is 2. The average Bonchev–Trinajstić information content (AvgIpc) is 2.90. The van der Waals surface area contributed by atoms with Crippen LogP contribution in [0.3, 0.4) is 0 Å². The molecular weight excluding hydrogens is 368 g/mol. The van der Waals surface area contributed by atoms with E-state index in [9.17, 15) is 15.0 Å². The number of hydrazone groups is 1. The van der Waals surface area contributed by atoms with Gasteiger partial charge in [0, 0.05) is 0 Å². The molecule has 0 bridgehead atoms. The maximum atomic E-state index is 12.5. The van der Waals surface area contributed by atoms with Crippen molar-refractivity contribution in [1.29, 1.82) is 0 Å². The van der Waals surface area contributed by atoms with Crippen LogP contribution in [0, 0.1) is 0 Å². The number of nitrogens with zero attached hydrogens (tertiary/aromatic N) is 2. The minimum absolute atomic E-state index is 0.214. The van der Waals surface area contributed by atoms with Crippen LogP contribution in [0.2, 0.25) is 0 Å². The molecule has 0 atom stereocenters. The van der Waals surface area contributed by atoms with Crippen molar-refractivity contribution >= 4 is 46.5 Å². The third kappa shape index (κ3) is 3.95. The molecule has 0 aromatic heterocycles. The maximum absolute atomic E-state index is 12.5. The predicted octanol–water partition coefficient (Wildman–Crippen LogP) is 3.90. The predicted molar refractivity (Wildman–Crippen MR) is 108 cm³/mol. The van der Waals surface area contributed by atoms with E-state index in [0.717, 1.165) is 23.7 Å². The number of thioether (sulfide) groups is 1. The Balaban J connectivity index is 1.78. The lowest BCUT2D eigenvalue weighted by Crippen LogP contribution is -2.22. The van der Waals surface area contributed by atoms with E-state index in [4.69, 9.17) is 12.2 Å². The molecule has 3 rings (SSSR count). The summed E-state index contributed by atoms with van der Waals surface area (Å²) < 4.78 is 0.339. The van der Waals surface area contributed by atoms with Gasteiger partial charge in [-0.15, -0.1) is 0 Å². The molecule has 1 fully saturated rings. The number of aromatic hydroxyl groups is 2. The SMILES string of the molecule is CCc1ccc(/C=N/N2C(=O)/C(=C\c3ccc(O)c(O)c3)SC2=S)cc1. The highest BCUT2D eigenvalue weighted by Gasteiger charge is 2.32. The summed E-state index contributed by atoms with van der Waals surface area (Å²) in [6, 6.07) is 12.2. The van der Waals surface area contributed by atoms with Crippen LogP contribution < -0.4 is 0 Å². The van der Waals surface area contributed by atoms with E-state index in [1.807, 2.05) is 24.3 Å². The number of hydrogen-bond acceptors (Lipinski definition) is 6. The Bertz CT molecular complexity index is 921. The third-order valence-electron chi connectivity index (χ3n) is 3.78. The Labute approximate surface area is 160 Å². The van der Waals surface area contributed by atoms with Gasteiger partial charge >= 0.3 is 0 Å². The summed E-state index contributed by atoms with van der Waals surface area (Å²) in [5, 5.41) is 24.3. The summed E-state index contributed by atoms with van der Waals surface area (Å²) >= 11 is 6.38. The number of amides is 1. The highest BCUT2D eigenvalue weighted by atomic mass is 32.2. The molecular formula is C19H16N2O3S2. The molecule has 2 aromatic carbocycles. The molecule has 1 heterocycles. The van der Waals surface area contributed by atoms with Gasteiger partial charge in [0.05, 0.1) is 11.1 Å². The molecule has 2 aromatic rings. The van der Waals surface area contributed by atoms with Gasteiger partial charge in [0.1, 0.15) is 0 Å². The minimum atomic E-state index is -0.325. The number of aryl methyl sites for hydroxylation is 1. The molecule has 5 nitrogen and oxygen atoms in total. The molecule has 0 aliphatic carbocycles. The lowest BCUT2D eigenvalue weighted by atomic mass is 10.1. The van der Waals surface area contributed by atoms with Gasteiger partial charge in [-0.25, -0.2) is 0 Å². The standard InChI is InChI=1S/C19H16N2O3S2/c1-2-12-3-5-13(6-4-12)11-20-21-18(24)17(26-19(21)25)10-14-7-8-15(22)16(23)9-14/h3-11,22-23H,2H2,1H3/b17-10+,20-11+. The highest BCUT2D eigenvalue weighted by molar-refractivity contribution is 8.26. The van der Waals surface area contributed by atoms with Crippen molar-refractivity contribution in [2.24, 2.45) is 5.10 Å². The van der Waals surface area contributed by atoms with Crippen LogP contribution in [0.25, 0.3) is 6.08 Å². The number of thiocarbonyl (C=S) groups is 1. The Morgan fingerprint density at radius 1 is 1.12 bits per heavy atom. The molecule has 1 aliphatic rings. The van der Waals surface area contributed by atoms with Crippen LogP contribution in [-0.2, 0) is 11.2 Å². The van der Waals surface area contributed by atoms with Gasteiger partial charge in [0.25, 0.3) is 5.91 Å². The molecule has 7 heteroatoms. The smallest absolute Gasteiger partial charge is 0.286 e. The second kappa shape index (κ2) is 7.72. The first-order chi connectivity index (χ1) is 12.5. The zero-order valence-corrected chi connectivity index (χ0v) is 15.5. The fraction of sp³-hybridized carbons (Fsp3) is 0.105. The summed E-state index contributed by atoms with van der Waals surface area (Å²) in [5.41, 5.74) is 2.69.